The van der Waals surface area contributed by atoms with Gasteiger partial charge in [-0.1, -0.05) is 18.2 Å². The van der Waals surface area contributed by atoms with Gasteiger partial charge in [0.05, 0.1) is 0 Å². The standard InChI is InChI=1S/C19H19FN4O2/c1-21-18(25)17(10-12-11-22-16-5-3-2-4-15(12)16)24-19(26)23-14-8-6-13(20)7-9-14/h2-9,11,17,22H,10H2,1H3,(H,21,25)(H2,23,24,26)/t17-/m0/s1. The Bertz CT molecular complexity index is 921. The average molecular weight is 354 g/mol. The van der Waals surface area contributed by atoms with Crippen LogP contribution in [0.4, 0.5) is 14.9 Å². The van der Waals surface area contributed by atoms with Crippen LogP contribution in [0.5, 0.6) is 0 Å². The van der Waals surface area contributed by atoms with E-state index in [2.05, 4.69) is 20.9 Å². The summed E-state index contributed by atoms with van der Waals surface area (Å²) in [5, 5.41) is 8.82. The lowest BCUT2D eigenvalue weighted by Crippen LogP contribution is -2.48. The van der Waals surface area contributed by atoms with Crippen molar-refractivity contribution in [2.45, 2.75) is 12.5 Å². The van der Waals surface area contributed by atoms with Gasteiger partial charge in [-0.3, -0.25) is 4.79 Å². The number of aromatic amines is 1. The molecule has 0 radical (unpaired) electrons. The number of fused-ring (bicyclic) bond motifs is 1. The van der Waals surface area contributed by atoms with Gasteiger partial charge in [0.15, 0.2) is 0 Å². The van der Waals surface area contributed by atoms with E-state index >= 15 is 0 Å². The first-order valence-electron chi connectivity index (χ1n) is 8.16. The van der Waals surface area contributed by atoms with E-state index < -0.39 is 17.9 Å². The predicted molar refractivity (Wildman–Crippen MR) is 98.4 cm³/mol. The van der Waals surface area contributed by atoms with E-state index in [9.17, 15) is 14.0 Å². The maximum Gasteiger partial charge on any atom is 0.319 e. The van der Waals surface area contributed by atoms with E-state index in [1.807, 2.05) is 30.5 Å². The summed E-state index contributed by atoms with van der Waals surface area (Å²) < 4.78 is 12.9. The second-order valence-electron chi connectivity index (χ2n) is 5.84. The number of amides is 3. The van der Waals surface area contributed by atoms with Crippen molar-refractivity contribution in [3.8, 4) is 0 Å². The Morgan fingerprint density at radius 1 is 1.12 bits per heavy atom. The first-order chi connectivity index (χ1) is 12.6. The summed E-state index contributed by atoms with van der Waals surface area (Å²) >= 11 is 0. The molecule has 134 valence electrons. The number of hydrogen-bond acceptors (Lipinski definition) is 2. The van der Waals surface area contributed by atoms with E-state index in [4.69, 9.17) is 0 Å². The van der Waals surface area contributed by atoms with Crippen LogP contribution in [-0.4, -0.2) is 30.0 Å². The molecule has 3 amide bonds. The second-order valence-corrected chi connectivity index (χ2v) is 5.84. The molecule has 0 fully saturated rings. The lowest BCUT2D eigenvalue weighted by molar-refractivity contribution is -0.122. The molecule has 0 unspecified atom stereocenters. The Labute approximate surface area is 149 Å². The summed E-state index contributed by atoms with van der Waals surface area (Å²) in [7, 11) is 1.52. The molecule has 4 N–H and O–H groups in total. The summed E-state index contributed by atoms with van der Waals surface area (Å²) in [4.78, 5) is 27.6. The number of aromatic nitrogens is 1. The zero-order chi connectivity index (χ0) is 18.5. The largest absolute Gasteiger partial charge is 0.361 e. The van der Waals surface area contributed by atoms with E-state index in [0.717, 1.165) is 16.5 Å². The number of rotatable bonds is 5. The van der Waals surface area contributed by atoms with Crippen LogP contribution < -0.4 is 16.0 Å². The maximum atomic E-state index is 12.9. The number of anilines is 1. The second kappa shape index (κ2) is 7.69. The lowest BCUT2D eigenvalue weighted by Gasteiger charge is -2.17. The molecule has 0 saturated carbocycles. The Morgan fingerprint density at radius 3 is 2.58 bits per heavy atom. The van der Waals surface area contributed by atoms with Gasteiger partial charge < -0.3 is 20.9 Å². The SMILES string of the molecule is CNC(=O)[C@H](Cc1c[nH]c2ccccc12)NC(=O)Nc1ccc(F)cc1. The average Bonchev–Trinajstić information content (AvgIpc) is 3.05. The molecule has 0 bridgehead atoms. The van der Waals surface area contributed by atoms with Crippen molar-refractivity contribution in [1.29, 1.82) is 0 Å². The molecule has 1 atom stereocenters. The number of H-pyrrole nitrogens is 1. The van der Waals surface area contributed by atoms with Crippen LogP contribution in [-0.2, 0) is 11.2 Å². The number of nitrogens with one attached hydrogen (secondary N) is 4. The smallest absolute Gasteiger partial charge is 0.319 e. The summed E-state index contributed by atoms with van der Waals surface area (Å²) in [5.74, 6) is -0.692. The molecule has 26 heavy (non-hydrogen) atoms. The number of likely N-dealkylation sites (N-methyl/N-ethyl adjacent to an activating group) is 1. The molecule has 1 aromatic heterocycles. The van der Waals surface area contributed by atoms with Crippen LogP contribution in [0.3, 0.4) is 0 Å². The van der Waals surface area contributed by atoms with Crippen LogP contribution in [0.25, 0.3) is 10.9 Å². The third kappa shape index (κ3) is 4.00. The first-order valence-corrected chi connectivity index (χ1v) is 8.16. The summed E-state index contributed by atoms with van der Waals surface area (Å²) in [5.41, 5.74) is 2.33. The normalized spacial score (nSPS) is 11.8. The summed E-state index contributed by atoms with van der Waals surface area (Å²) in [6.07, 6.45) is 2.17. The highest BCUT2D eigenvalue weighted by atomic mass is 19.1. The highest BCUT2D eigenvalue weighted by molar-refractivity contribution is 5.94. The Kier molecular flexibility index (Phi) is 5.17. The molecule has 0 spiro atoms. The lowest BCUT2D eigenvalue weighted by atomic mass is 10.0. The van der Waals surface area contributed by atoms with Gasteiger partial charge in [-0.25, -0.2) is 9.18 Å². The Hall–Kier alpha value is -3.35. The van der Waals surface area contributed by atoms with Crippen LogP contribution in [0, 0.1) is 5.82 Å². The van der Waals surface area contributed by atoms with Crippen LogP contribution >= 0.6 is 0 Å². The van der Waals surface area contributed by atoms with E-state index in [1.165, 1.54) is 31.3 Å². The molecule has 1 heterocycles. The van der Waals surface area contributed by atoms with Crippen molar-refractivity contribution >= 4 is 28.5 Å². The Morgan fingerprint density at radius 2 is 1.85 bits per heavy atom. The van der Waals surface area contributed by atoms with Crippen molar-refractivity contribution in [2.24, 2.45) is 0 Å². The van der Waals surface area contributed by atoms with E-state index in [-0.39, 0.29) is 5.91 Å². The molecule has 7 heteroatoms. The van der Waals surface area contributed by atoms with Gasteiger partial charge in [0.25, 0.3) is 0 Å². The first kappa shape index (κ1) is 17.5. The molecule has 6 nitrogen and oxygen atoms in total. The number of carbonyl (C=O) groups excluding carboxylic acids is 2. The number of halogens is 1. The third-order valence-electron chi connectivity index (χ3n) is 4.07. The molecular formula is C19H19FN4O2. The molecule has 0 saturated heterocycles. The van der Waals surface area contributed by atoms with Gasteiger partial charge in [-0.15, -0.1) is 0 Å². The fourth-order valence-corrected chi connectivity index (χ4v) is 2.76. The van der Waals surface area contributed by atoms with Crippen molar-refractivity contribution in [3.05, 3.63) is 66.1 Å². The van der Waals surface area contributed by atoms with Crippen molar-refractivity contribution in [1.82, 2.24) is 15.6 Å². The van der Waals surface area contributed by atoms with Crippen molar-refractivity contribution < 1.29 is 14.0 Å². The topological polar surface area (TPSA) is 86.0 Å². The zero-order valence-corrected chi connectivity index (χ0v) is 14.2. The third-order valence-corrected chi connectivity index (χ3v) is 4.07. The van der Waals surface area contributed by atoms with Crippen molar-refractivity contribution in [2.75, 3.05) is 12.4 Å². The van der Waals surface area contributed by atoms with Gasteiger partial charge in [-0.2, -0.15) is 0 Å². The summed E-state index contributed by atoms with van der Waals surface area (Å²) in [6.45, 7) is 0. The Balaban J connectivity index is 1.72. The minimum Gasteiger partial charge on any atom is -0.361 e. The van der Waals surface area contributed by atoms with Gasteiger partial charge in [0.1, 0.15) is 11.9 Å². The van der Waals surface area contributed by atoms with Crippen molar-refractivity contribution in [3.63, 3.8) is 0 Å². The maximum absolute atomic E-state index is 12.9. The number of para-hydroxylation sites is 1. The van der Waals surface area contributed by atoms with Crippen LogP contribution in [0.15, 0.2) is 54.7 Å². The molecule has 2 aromatic carbocycles. The van der Waals surface area contributed by atoms with E-state index in [1.54, 1.807) is 0 Å². The fourth-order valence-electron chi connectivity index (χ4n) is 2.76. The highest BCUT2D eigenvalue weighted by Crippen LogP contribution is 2.19. The minimum atomic E-state index is -0.750. The monoisotopic (exact) mass is 354 g/mol. The molecular weight excluding hydrogens is 335 g/mol. The zero-order valence-electron chi connectivity index (χ0n) is 14.2. The van der Waals surface area contributed by atoms with Gasteiger partial charge in [-0.05, 0) is 35.9 Å². The summed E-state index contributed by atoms with van der Waals surface area (Å²) in [6, 6.07) is 11.9. The van der Waals surface area contributed by atoms with Gasteiger partial charge >= 0.3 is 6.03 Å². The predicted octanol–water partition coefficient (Wildman–Crippen LogP) is 2.79. The number of hydrogen-bond donors (Lipinski definition) is 4. The van der Waals surface area contributed by atoms with Crippen LogP contribution in [0.1, 0.15) is 5.56 Å². The minimum absolute atomic E-state index is 0.301. The number of urea groups is 1. The quantitative estimate of drug-likeness (QED) is 0.568. The van der Waals surface area contributed by atoms with E-state index in [0.29, 0.717) is 12.1 Å². The van der Waals surface area contributed by atoms with Crippen LogP contribution in [0.2, 0.25) is 0 Å². The number of benzene rings is 2. The molecule has 0 aliphatic carbocycles. The fraction of sp³-hybridized carbons (Fsp3) is 0.158. The van der Waals surface area contributed by atoms with Gasteiger partial charge in [0.2, 0.25) is 5.91 Å². The molecule has 0 aliphatic rings. The molecule has 0 aliphatic heterocycles. The molecule has 3 aromatic rings. The molecule has 3 rings (SSSR count). The van der Waals surface area contributed by atoms with Gasteiger partial charge in [0, 0.05) is 36.3 Å². The number of carbonyl (C=O) groups is 2. The highest BCUT2D eigenvalue weighted by Gasteiger charge is 2.21.